The van der Waals surface area contributed by atoms with Gasteiger partial charge in [-0.2, -0.15) is 0 Å². The van der Waals surface area contributed by atoms with Crippen LogP contribution >= 0.6 is 0 Å². The van der Waals surface area contributed by atoms with Crippen LogP contribution in [0.5, 0.6) is 0 Å². The molecule has 1 aromatic heterocycles. The van der Waals surface area contributed by atoms with Crippen LogP contribution in [-0.4, -0.2) is 43.7 Å². The van der Waals surface area contributed by atoms with E-state index in [-0.39, 0.29) is 5.91 Å². The van der Waals surface area contributed by atoms with Crippen molar-refractivity contribution in [3.8, 4) is 0 Å². The van der Waals surface area contributed by atoms with Crippen LogP contribution in [0.3, 0.4) is 0 Å². The summed E-state index contributed by atoms with van der Waals surface area (Å²) in [6.07, 6.45) is 5.93. The summed E-state index contributed by atoms with van der Waals surface area (Å²) in [5, 5.41) is 2.99. The van der Waals surface area contributed by atoms with Crippen molar-refractivity contribution in [1.82, 2.24) is 10.3 Å². The van der Waals surface area contributed by atoms with Gasteiger partial charge in [-0.25, -0.2) is 0 Å². The first-order chi connectivity index (χ1) is 12.3. The lowest BCUT2D eigenvalue weighted by atomic mass is 10.1. The van der Waals surface area contributed by atoms with Crippen LogP contribution < -0.4 is 10.2 Å². The van der Waals surface area contributed by atoms with Crippen molar-refractivity contribution >= 4 is 11.6 Å². The van der Waals surface area contributed by atoms with E-state index in [0.29, 0.717) is 13.0 Å². The molecule has 3 rings (SSSR count). The third kappa shape index (κ3) is 5.57. The molecule has 5 nitrogen and oxygen atoms in total. The number of benzene rings is 1. The highest BCUT2D eigenvalue weighted by Gasteiger charge is 2.11. The molecule has 25 heavy (non-hydrogen) atoms. The van der Waals surface area contributed by atoms with Gasteiger partial charge in [-0.15, -0.1) is 0 Å². The van der Waals surface area contributed by atoms with Crippen LogP contribution in [-0.2, 0) is 22.4 Å². The normalized spacial score (nSPS) is 14.3. The van der Waals surface area contributed by atoms with E-state index in [1.807, 2.05) is 24.4 Å². The summed E-state index contributed by atoms with van der Waals surface area (Å²) in [6, 6.07) is 12.3. The van der Waals surface area contributed by atoms with Crippen molar-refractivity contribution in [1.29, 1.82) is 0 Å². The van der Waals surface area contributed by atoms with E-state index in [1.165, 1.54) is 11.3 Å². The van der Waals surface area contributed by atoms with E-state index in [4.69, 9.17) is 4.74 Å². The number of anilines is 1. The average molecular weight is 339 g/mol. The van der Waals surface area contributed by atoms with Crippen molar-refractivity contribution in [3.05, 3.63) is 59.9 Å². The Morgan fingerprint density at radius 2 is 1.92 bits per heavy atom. The average Bonchev–Trinajstić information content (AvgIpc) is 2.67. The minimum absolute atomic E-state index is 0.0744. The second-order valence-electron chi connectivity index (χ2n) is 6.26. The number of hydrogen-bond donors (Lipinski definition) is 1. The lowest BCUT2D eigenvalue weighted by Crippen LogP contribution is -2.36. The second kappa shape index (κ2) is 9.18. The number of aromatic nitrogens is 1. The Labute approximate surface area is 149 Å². The molecule has 0 unspecified atom stereocenters. The molecule has 0 atom stereocenters. The Hall–Kier alpha value is -2.40. The summed E-state index contributed by atoms with van der Waals surface area (Å²) in [7, 11) is 0. The van der Waals surface area contributed by atoms with Crippen molar-refractivity contribution < 1.29 is 9.53 Å². The fraction of sp³-hybridized carbons (Fsp3) is 0.400. The minimum Gasteiger partial charge on any atom is -0.378 e. The highest BCUT2D eigenvalue weighted by atomic mass is 16.5. The number of hydrogen-bond acceptors (Lipinski definition) is 4. The SMILES string of the molecule is O=C(Cc1ccc(N2CCOCC2)cc1)NCCCc1cccnc1. The standard InChI is InChI=1S/C20H25N3O2/c24-20(22-10-2-4-18-3-1-9-21-16-18)15-17-5-7-19(8-6-17)23-11-13-25-14-12-23/h1,3,5-9,16H,2,4,10-15H2,(H,22,24). The van der Waals surface area contributed by atoms with Gasteiger partial charge in [-0.3, -0.25) is 9.78 Å². The summed E-state index contributed by atoms with van der Waals surface area (Å²) in [4.78, 5) is 18.5. The maximum absolute atomic E-state index is 12.1. The summed E-state index contributed by atoms with van der Waals surface area (Å²) < 4.78 is 5.37. The summed E-state index contributed by atoms with van der Waals surface area (Å²) in [6.45, 7) is 4.11. The van der Waals surface area contributed by atoms with E-state index in [0.717, 1.165) is 44.7 Å². The van der Waals surface area contributed by atoms with Crippen LogP contribution in [0.15, 0.2) is 48.8 Å². The Kier molecular flexibility index (Phi) is 6.40. The maximum atomic E-state index is 12.1. The van der Waals surface area contributed by atoms with E-state index >= 15 is 0 Å². The molecule has 0 saturated carbocycles. The molecule has 0 radical (unpaired) electrons. The van der Waals surface area contributed by atoms with Crippen LogP contribution in [0.25, 0.3) is 0 Å². The van der Waals surface area contributed by atoms with Crippen LogP contribution in [0.4, 0.5) is 5.69 Å². The van der Waals surface area contributed by atoms with Gasteiger partial charge in [-0.05, 0) is 42.2 Å². The highest BCUT2D eigenvalue weighted by Crippen LogP contribution is 2.16. The quantitative estimate of drug-likeness (QED) is 0.786. The number of carbonyl (C=O) groups excluding carboxylic acids is 1. The van der Waals surface area contributed by atoms with Crippen LogP contribution in [0.2, 0.25) is 0 Å². The van der Waals surface area contributed by atoms with Crippen molar-refractivity contribution in [3.63, 3.8) is 0 Å². The van der Waals surface area contributed by atoms with E-state index < -0.39 is 0 Å². The number of amides is 1. The number of ether oxygens (including phenoxy) is 1. The summed E-state index contributed by atoms with van der Waals surface area (Å²) in [5.74, 6) is 0.0744. The van der Waals surface area contributed by atoms with Gasteiger partial charge in [-0.1, -0.05) is 18.2 Å². The molecule has 5 heteroatoms. The fourth-order valence-corrected chi connectivity index (χ4v) is 2.96. The molecule has 1 fully saturated rings. The van der Waals surface area contributed by atoms with Crippen molar-refractivity contribution in [2.24, 2.45) is 0 Å². The zero-order valence-electron chi connectivity index (χ0n) is 14.5. The van der Waals surface area contributed by atoms with Gasteiger partial charge in [0.15, 0.2) is 0 Å². The van der Waals surface area contributed by atoms with Gasteiger partial charge in [0.05, 0.1) is 19.6 Å². The lowest BCUT2D eigenvalue weighted by Gasteiger charge is -2.28. The molecule has 0 spiro atoms. The van der Waals surface area contributed by atoms with Gasteiger partial charge >= 0.3 is 0 Å². The van der Waals surface area contributed by atoms with E-state index in [9.17, 15) is 4.79 Å². The predicted octanol–water partition coefficient (Wildman–Crippen LogP) is 2.21. The largest absolute Gasteiger partial charge is 0.378 e. The predicted molar refractivity (Wildman–Crippen MR) is 98.7 cm³/mol. The molecule has 0 bridgehead atoms. The van der Waals surface area contributed by atoms with E-state index in [1.54, 1.807) is 6.20 Å². The number of nitrogens with one attached hydrogen (secondary N) is 1. The summed E-state index contributed by atoms with van der Waals surface area (Å²) in [5.41, 5.74) is 3.45. The van der Waals surface area contributed by atoms with Crippen LogP contribution in [0, 0.1) is 0 Å². The molecule has 2 heterocycles. The molecule has 1 N–H and O–H groups in total. The smallest absolute Gasteiger partial charge is 0.224 e. The number of carbonyl (C=O) groups is 1. The Morgan fingerprint density at radius 3 is 2.64 bits per heavy atom. The monoisotopic (exact) mass is 339 g/mol. The van der Waals surface area contributed by atoms with Gasteiger partial charge in [0.1, 0.15) is 0 Å². The second-order valence-corrected chi connectivity index (χ2v) is 6.26. The van der Waals surface area contributed by atoms with Gasteiger partial charge in [0.25, 0.3) is 0 Å². The summed E-state index contributed by atoms with van der Waals surface area (Å²) >= 11 is 0. The first-order valence-electron chi connectivity index (χ1n) is 8.88. The third-order valence-electron chi connectivity index (χ3n) is 4.36. The first kappa shape index (κ1) is 17.4. The molecule has 1 amide bonds. The molecule has 1 aliphatic rings. The molecule has 2 aromatic rings. The van der Waals surface area contributed by atoms with Gasteiger partial charge in [0, 0.05) is 37.7 Å². The molecular weight excluding hydrogens is 314 g/mol. The van der Waals surface area contributed by atoms with Crippen LogP contribution in [0.1, 0.15) is 17.5 Å². The lowest BCUT2D eigenvalue weighted by molar-refractivity contribution is -0.120. The Balaban J connectivity index is 1.38. The maximum Gasteiger partial charge on any atom is 0.224 e. The fourth-order valence-electron chi connectivity index (χ4n) is 2.96. The zero-order chi connectivity index (χ0) is 17.3. The minimum atomic E-state index is 0.0744. The first-order valence-corrected chi connectivity index (χ1v) is 8.88. The Morgan fingerprint density at radius 1 is 1.12 bits per heavy atom. The number of aryl methyl sites for hydroxylation is 1. The highest BCUT2D eigenvalue weighted by molar-refractivity contribution is 5.78. The number of rotatable bonds is 7. The van der Waals surface area contributed by atoms with Gasteiger partial charge < -0.3 is 15.0 Å². The van der Waals surface area contributed by atoms with Gasteiger partial charge in [0.2, 0.25) is 5.91 Å². The molecule has 132 valence electrons. The third-order valence-corrected chi connectivity index (χ3v) is 4.36. The number of nitrogens with zero attached hydrogens (tertiary/aromatic N) is 2. The molecular formula is C20H25N3O2. The molecule has 1 aliphatic heterocycles. The molecule has 1 aromatic carbocycles. The Bertz CT molecular complexity index is 652. The zero-order valence-corrected chi connectivity index (χ0v) is 14.5. The topological polar surface area (TPSA) is 54.5 Å². The molecule has 0 aliphatic carbocycles. The number of pyridine rings is 1. The van der Waals surface area contributed by atoms with Crippen molar-refractivity contribution in [2.45, 2.75) is 19.3 Å². The number of morpholine rings is 1. The van der Waals surface area contributed by atoms with Crippen molar-refractivity contribution in [2.75, 3.05) is 37.7 Å². The van der Waals surface area contributed by atoms with E-state index in [2.05, 4.69) is 33.4 Å². The molecule has 1 saturated heterocycles.